The molecule has 1 aromatic rings. The monoisotopic (exact) mass is 532 g/mol. The van der Waals surface area contributed by atoms with Crippen LogP contribution in [0.1, 0.15) is 66.1 Å². The molecule has 0 aromatic heterocycles. The summed E-state index contributed by atoms with van der Waals surface area (Å²) < 4.78 is 29.7. The van der Waals surface area contributed by atoms with E-state index in [9.17, 15) is 24.6 Å². The first-order valence-electron chi connectivity index (χ1n) is 13.0. The quantitative estimate of drug-likeness (QED) is 0.329. The zero-order valence-electron chi connectivity index (χ0n) is 22.5. The minimum atomic E-state index is -1.75. The van der Waals surface area contributed by atoms with E-state index in [2.05, 4.69) is 0 Å². The minimum absolute atomic E-state index is 0.180. The molecule has 2 saturated heterocycles. The largest absolute Gasteiger partial charge is 0.462 e. The number of benzene rings is 1. The number of hydrogen-bond acceptors (Lipinski definition) is 10. The lowest BCUT2D eigenvalue weighted by Crippen LogP contribution is -2.81. The molecule has 2 saturated carbocycles. The van der Waals surface area contributed by atoms with Crippen LogP contribution in [0.3, 0.4) is 0 Å². The summed E-state index contributed by atoms with van der Waals surface area (Å²) in [5, 5.41) is 23.6. The van der Waals surface area contributed by atoms with Crippen molar-refractivity contribution >= 4 is 17.9 Å². The fraction of sp³-hybridized carbons (Fsp3) is 0.679. The van der Waals surface area contributed by atoms with Gasteiger partial charge in [0.25, 0.3) is 0 Å². The van der Waals surface area contributed by atoms with Crippen molar-refractivity contribution in [2.45, 2.75) is 108 Å². The minimum Gasteiger partial charge on any atom is -0.462 e. The topological polar surface area (TPSA) is 141 Å². The molecule has 4 aliphatic rings. The van der Waals surface area contributed by atoms with Crippen LogP contribution in [0.5, 0.6) is 0 Å². The highest BCUT2D eigenvalue weighted by molar-refractivity contribution is 5.79. The lowest BCUT2D eigenvalue weighted by Gasteiger charge is -2.65. The van der Waals surface area contributed by atoms with Crippen LogP contribution >= 0.6 is 0 Å². The van der Waals surface area contributed by atoms with Crippen LogP contribution in [0.2, 0.25) is 0 Å². The zero-order valence-corrected chi connectivity index (χ0v) is 22.5. The maximum atomic E-state index is 13.4. The van der Waals surface area contributed by atoms with Gasteiger partial charge in [0, 0.05) is 26.2 Å². The summed E-state index contributed by atoms with van der Waals surface area (Å²) >= 11 is 0. The summed E-state index contributed by atoms with van der Waals surface area (Å²) in [6, 6.07) is 9.23. The van der Waals surface area contributed by atoms with Crippen molar-refractivity contribution in [2.75, 3.05) is 0 Å². The van der Waals surface area contributed by atoms with Crippen molar-refractivity contribution in [1.82, 2.24) is 0 Å². The number of aliphatic hydroxyl groups excluding tert-OH is 1. The number of hydrogen-bond donors (Lipinski definition) is 2. The molecule has 2 N–H and O–H groups in total. The van der Waals surface area contributed by atoms with Crippen molar-refractivity contribution in [2.24, 2.45) is 11.3 Å². The standard InChI is InChI=1S/C28H36O10/c1-14(29)34-18-13-26(5,33)28-22(31)17(25(3,4)38-28)12-19(35-15(2)30)27(28,6)23(18)37-24(32)21-20(36-21)16-10-8-7-9-11-16/h7-11,17-23,31,33H,12-13H2,1-6H3/t17-,18+,19+,20+,21-,22+,23-,26-,27+,28-/m0/s1. The predicted octanol–water partition coefficient (Wildman–Crippen LogP) is 1.99. The second-order valence-electron chi connectivity index (χ2n) is 12.0. The highest BCUT2D eigenvalue weighted by atomic mass is 16.7. The molecule has 0 unspecified atom stereocenters. The molecule has 38 heavy (non-hydrogen) atoms. The fourth-order valence-corrected chi connectivity index (χ4v) is 7.48. The molecule has 10 atom stereocenters. The van der Waals surface area contributed by atoms with Crippen molar-refractivity contribution in [3.8, 4) is 0 Å². The molecular weight excluding hydrogens is 496 g/mol. The molecule has 2 aliphatic heterocycles. The average Bonchev–Trinajstić information content (AvgIpc) is 3.58. The first-order valence-corrected chi connectivity index (χ1v) is 13.0. The van der Waals surface area contributed by atoms with Crippen LogP contribution in [-0.2, 0) is 38.1 Å². The maximum Gasteiger partial charge on any atom is 0.338 e. The number of aliphatic hydroxyl groups is 2. The lowest BCUT2D eigenvalue weighted by molar-refractivity contribution is -0.345. The van der Waals surface area contributed by atoms with Crippen molar-refractivity contribution in [3.05, 3.63) is 35.9 Å². The van der Waals surface area contributed by atoms with Gasteiger partial charge in [0.15, 0.2) is 12.2 Å². The van der Waals surface area contributed by atoms with Crippen molar-refractivity contribution < 1.29 is 48.3 Å². The SMILES string of the molecule is CC(=O)O[C@@H]1C[C@](C)(O)[C@]23OC(C)(C)[C@@H](C[C@@H](OC(C)=O)[C@]2(C)[C@H]1OC(=O)[C@H]1O[C@@H]1c1ccccc1)[C@H]3O. The Balaban J connectivity index is 1.58. The number of carbonyl (C=O) groups excluding carboxylic acids is 3. The second kappa shape index (κ2) is 8.74. The van der Waals surface area contributed by atoms with Crippen LogP contribution in [0.4, 0.5) is 0 Å². The Bertz CT molecular complexity index is 1130. The maximum absolute atomic E-state index is 13.4. The molecular formula is C28H36O10. The van der Waals surface area contributed by atoms with E-state index in [1.165, 1.54) is 20.8 Å². The van der Waals surface area contributed by atoms with Gasteiger partial charge in [-0.2, -0.15) is 0 Å². The Kier molecular flexibility index (Phi) is 6.22. The second-order valence-corrected chi connectivity index (χ2v) is 12.0. The Morgan fingerprint density at radius 3 is 2.21 bits per heavy atom. The van der Waals surface area contributed by atoms with E-state index in [0.29, 0.717) is 0 Å². The van der Waals surface area contributed by atoms with Gasteiger partial charge in [-0.05, 0) is 39.7 Å². The van der Waals surface area contributed by atoms with E-state index < -0.39 is 82.7 Å². The first-order chi connectivity index (χ1) is 17.7. The Morgan fingerprint density at radius 1 is 0.974 bits per heavy atom. The molecule has 10 nitrogen and oxygen atoms in total. The lowest BCUT2D eigenvalue weighted by atomic mass is 9.47. The van der Waals surface area contributed by atoms with Gasteiger partial charge in [-0.25, -0.2) is 4.79 Å². The number of carbonyl (C=O) groups is 3. The molecule has 1 aromatic carbocycles. The Labute approximate surface area is 221 Å². The van der Waals surface area contributed by atoms with Crippen molar-refractivity contribution in [3.63, 3.8) is 0 Å². The van der Waals surface area contributed by atoms with Crippen LogP contribution in [-0.4, -0.2) is 75.4 Å². The normalized spacial score (nSPS) is 44.5. The molecule has 1 spiro atoms. The van der Waals surface area contributed by atoms with Crippen LogP contribution in [0.25, 0.3) is 0 Å². The molecule has 2 aliphatic carbocycles. The third kappa shape index (κ3) is 3.79. The summed E-state index contributed by atoms with van der Waals surface area (Å²) in [6.45, 7) is 9.27. The molecule has 4 fully saturated rings. The molecule has 0 radical (unpaired) electrons. The van der Waals surface area contributed by atoms with Gasteiger partial charge in [0.05, 0.1) is 22.7 Å². The third-order valence-corrected chi connectivity index (χ3v) is 9.10. The molecule has 2 bridgehead atoms. The Morgan fingerprint density at radius 2 is 1.61 bits per heavy atom. The number of esters is 3. The summed E-state index contributed by atoms with van der Waals surface area (Å²) in [7, 11) is 0. The van der Waals surface area contributed by atoms with Crippen LogP contribution in [0.15, 0.2) is 30.3 Å². The van der Waals surface area contributed by atoms with Gasteiger partial charge < -0.3 is 33.9 Å². The number of ether oxygens (including phenoxy) is 5. The van der Waals surface area contributed by atoms with Gasteiger partial charge in [-0.1, -0.05) is 30.3 Å². The highest BCUT2D eigenvalue weighted by Crippen LogP contribution is 2.68. The van der Waals surface area contributed by atoms with Gasteiger partial charge in [0.1, 0.15) is 23.9 Å². The van der Waals surface area contributed by atoms with Gasteiger partial charge in [-0.3, -0.25) is 9.59 Å². The Hall–Kier alpha value is -2.53. The van der Waals surface area contributed by atoms with Crippen molar-refractivity contribution in [1.29, 1.82) is 0 Å². The smallest absolute Gasteiger partial charge is 0.338 e. The number of fused-ring (bicyclic) bond motifs is 1. The number of rotatable bonds is 5. The molecule has 2 heterocycles. The molecule has 5 rings (SSSR count). The van der Waals surface area contributed by atoms with E-state index in [0.717, 1.165) is 5.56 Å². The highest BCUT2D eigenvalue weighted by Gasteiger charge is 2.83. The predicted molar refractivity (Wildman–Crippen MR) is 130 cm³/mol. The summed E-state index contributed by atoms with van der Waals surface area (Å²) in [5.41, 5.74) is -5.05. The molecule has 10 heteroatoms. The summed E-state index contributed by atoms with van der Waals surface area (Å²) in [6.07, 6.45) is -5.81. The molecule has 208 valence electrons. The van der Waals surface area contributed by atoms with E-state index in [1.54, 1.807) is 6.92 Å². The van der Waals surface area contributed by atoms with E-state index in [4.69, 9.17) is 23.7 Å². The van der Waals surface area contributed by atoms with E-state index in [1.807, 2.05) is 44.2 Å². The van der Waals surface area contributed by atoms with Gasteiger partial charge in [0.2, 0.25) is 0 Å². The zero-order chi connectivity index (χ0) is 27.8. The van der Waals surface area contributed by atoms with Gasteiger partial charge in [-0.15, -0.1) is 0 Å². The molecule has 0 amide bonds. The van der Waals surface area contributed by atoms with E-state index >= 15 is 0 Å². The number of epoxide rings is 1. The van der Waals surface area contributed by atoms with E-state index in [-0.39, 0.29) is 12.8 Å². The summed E-state index contributed by atoms with van der Waals surface area (Å²) in [4.78, 5) is 37.9. The van der Waals surface area contributed by atoms with Gasteiger partial charge >= 0.3 is 17.9 Å². The third-order valence-electron chi connectivity index (χ3n) is 9.10. The van der Waals surface area contributed by atoms with Crippen LogP contribution in [0, 0.1) is 11.3 Å². The van der Waals surface area contributed by atoms with Crippen LogP contribution < -0.4 is 0 Å². The fourth-order valence-electron chi connectivity index (χ4n) is 7.48. The summed E-state index contributed by atoms with van der Waals surface area (Å²) in [5.74, 6) is -2.38. The first kappa shape index (κ1) is 27.1. The average molecular weight is 533 g/mol.